The van der Waals surface area contributed by atoms with Gasteiger partial charge in [-0.2, -0.15) is 0 Å². The average Bonchev–Trinajstić information content (AvgIpc) is 2.70. The maximum absolute atomic E-state index is 12.6. The van der Waals surface area contributed by atoms with Crippen LogP contribution in [0.5, 0.6) is 0 Å². The fraction of sp³-hybridized carbons (Fsp3) is 0.348. The summed E-state index contributed by atoms with van der Waals surface area (Å²) in [5.74, 6) is -1.05. The summed E-state index contributed by atoms with van der Waals surface area (Å²) in [5.41, 5.74) is 1.05. The summed E-state index contributed by atoms with van der Waals surface area (Å²) in [6.45, 7) is 5.03. The molecule has 30 heavy (non-hydrogen) atoms. The van der Waals surface area contributed by atoms with Crippen LogP contribution in [0.25, 0.3) is 0 Å². The maximum atomic E-state index is 12.6. The lowest BCUT2D eigenvalue weighted by Gasteiger charge is -2.21. The molecule has 0 radical (unpaired) electrons. The minimum absolute atomic E-state index is 0.0876. The van der Waals surface area contributed by atoms with E-state index in [1.165, 1.54) is 0 Å². The molecule has 0 aromatic heterocycles. The summed E-state index contributed by atoms with van der Waals surface area (Å²) < 4.78 is 10.4. The van der Waals surface area contributed by atoms with Crippen LogP contribution in [0.15, 0.2) is 60.7 Å². The zero-order chi connectivity index (χ0) is 22.0. The number of rotatable bonds is 8. The van der Waals surface area contributed by atoms with E-state index in [0.717, 1.165) is 11.1 Å². The number of alkyl carbamates (subject to hydrolysis) is 1. The molecule has 2 aromatic carbocycles. The van der Waals surface area contributed by atoms with Crippen LogP contribution in [0, 0.1) is 0 Å². The maximum Gasteiger partial charge on any atom is 0.408 e. The van der Waals surface area contributed by atoms with E-state index < -0.39 is 29.6 Å². The predicted molar refractivity (Wildman–Crippen MR) is 113 cm³/mol. The van der Waals surface area contributed by atoms with Crippen LogP contribution in [0.3, 0.4) is 0 Å². The van der Waals surface area contributed by atoms with E-state index >= 15 is 0 Å². The third-order valence-corrected chi connectivity index (χ3v) is 3.93. The zero-order valence-corrected chi connectivity index (χ0v) is 17.5. The highest BCUT2D eigenvalue weighted by Crippen LogP contribution is 2.07. The Kier molecular flexibility index (Phi) is 8.41. The molecular weight excluding hydrogens is 384 g/mol. The van der Waals surface area contributed by atoms with Gasteiger partial charge in [0, 0.05) is 6.42 Å². The molecule has 0 saturated carbocycles. The van der Waals surface area contributed by atoms with Crippen molar-refractivity contribution in [3.05, 3.63) is 71.8 Å². The number of hydrogen-bond acceptors (Lipinski definition) is 5. The zero-order valence-electron chi connectivity index (χ0n) is 17.5. The van der Waals surface area contributed by atoms with Crippen LogP contribution in [0.1, 0.15) is 31.9 Å². The summed E-state index contributed by atoms with van der Waals surface area (Å²) >= 11 is 0. The highest BCUT2D eigenvalue weighted by molar-refractivity contribution is 5.88. The largest absolute Gasteiger partial charge is 0.459 e. The van der Waals surface area contributed by atoms with Crippen LogP contribution < -0.4 is 10.6 Å². The highest BCUT2D eigenvalue weighted by atomic mass is 16.6. The lowest BCUT2D eigenvalue weighted by atomic mass is 10.1. The lowest BCUT2D eigenvalue weighted by Crippen LogP contribution is -2.49. The minimum atomic E-state index is -0.905. The van der Waals surface area contributed by atoms with Gasteiger partial charge in [0.05, 0.1) is 0 Å². The lowest BCUT2D eigenvalue weighted by molar-refractivity contribution is -0.154. The van der Waals surface area contributed by atoms with Crippen molar-refractivity contribution in [3.8, 4) is 0 Å². The quantitative estimate of drug-likeness (QED) is 0.650. The molecule has 0 saturated heterocycles. The molecular formula is C23H28N2O5. The van der Waals surface area contributed by atoms with Gasteiger partial charge in [-0.1, -0.05) is 60.7 Å². The van der Waals surface area contributed by atoms with Crippen molar-refractivity contribution in [1.82, 2.24) is 10.6 Å². The molecule has 0 fully saturated rings. The van der Waals surface area contributed by atoms with Crippen molar-refractivity contribution < 1.29 is 23.9 Å². The van der Waals surface area contributed by atoms with Gasteiger partial charge in [0.25, 0.3) is 0 Å². The second-order valence-corrected chi connectivity index (χ2v) is 7.75. The molecule has 0 heterocycles. The molecule has 160 valence electrons. The van der Waals surface area contributed by atoms with Crippen LogP contribution in [0.4, 0.5) is 4.79 Å². The van der Waals surface area contributed by atoms with E-state index in [9.17, 15) is 14.4 Å². The van der Waals surface area contributed by atoms with E-state index in [1.807, 2.05) is 60.7 Å². The van der Waals surface area contributed by atoms with Crippen LogP contribution in [0.2, 0.25) is 0 Å². The molecule has 0 spiro atoms. The Hall–Kier alpha value is -3.35. The monoisotopic (exact) mass is 412 g/mol. The third kappa shape index (κ3) is 8.77. The number of amides is 2. The van der Waals surface area contributed by atoms with Gasteiger partial charge in [-0.25, -0.2) is 4.79 Å². The van der Waals surface area contributed by atoms with Gasteiger partial charge in [0.15, 0.2) is 0 Å². The van der Waals surface area contributed by atoms with E-state index in [2.05, 4.69) is 10.6 Å². The molecule has 2 amide bonds. The second kappa shape index (κ2) is 11.0. The Morgan fingerprint density at radius 1 is 0.900 bits per heavy atom. The molecule has 7 nitrogen and oxygen atoms in total. The highest BCUT2D eigenvalue weighted by Gasteiger charge is 2.24. The van der Waals surface area contributed by atoms with Gasteiger partial charge >= 0.3 is 12.1 Å². The topological polar surface area (TPSA) is 93.7 Å². The SMILES string of the molecule is CC(C)(C)OC(=O)CNC(=O)[C@H](Cc1ccccc1)NC(=O)OCc1ccccc1. The number of nitrogens with one attached hydrogen (secondary N) is 2. The first-order valence-electron chi connectivity index (χ1n) is 9.73. The van der Waals surface area contributed by atoms with E-state index in [1.54, 1.807) is 20.8 Å². The number of carbonyl (C=O) groups excluding carboxylic acids is 3. The van der Waals surface area contributed by atoms with Crippen molar-refractivity contribution in [2.75, 3.05) is 6.54 Å². The molecule has 2 rings (SSSR count). The van der Waals surface area contributed by atoms with Crippen molar-refractivity contribution >= 4 is 18.0 Å². The molecule has 0 aliphatic heterocycles. The fourth-order valence-electron chi connectivity index (χ4n) is 2.63. The molecule has 0 aliphatic carbocycles. The predicted octanol–water partition coefficient (Wildman–Crippen LogP) is 2.98. The molecule has 2 N–H and O–H groups in total. The van der Waals surface area contributed by atoms with Gasteiger partial charge in [-0.15, -0.1) is 0 Å². The molecule has 0 unspecified atom stereocenters. The van der Waals surface area contributed by atoms with Crippen molar-refractivity contribution in [1.29, 1.82) is 0 Å². The summed E-state index contributed by atoms with van der Waals surface area (Å²) in [6.07, 6.45) is -0.464. The molecule has 0 bridgehead atoms. The Morgan fingerprint density at radius 3 is 2.03 bits per heavy atom. The number of carbonyl (C=O) groups is 3. The van der Waals surface area contributed by atoms with E-state index in [0.29, 0.717) is 0 Å². The minimum Gasteiger partial charge on any atom is -0.459 e. The van der Waals surface area contributed by atoms with Gasteiger partial charge < -0.3 is 20.1 Å². The number of hydrogen-bond donors (Lipinski definition) is 2. The Balaban J connectivity index is 1.96. The van der Waals surface area contributed by atoms with Crippen molar-refractivity contribution in [3.63, 3.8) is 0 Å². The third-order valence-electron chi connectivity index (χ3n) is 3.93. The summed E-state index contributed by atoms with van der Waals surface area (Å²) in [7, 11) is 0. The summed E-state index contributed by atoms with van der Waals surface area (Å²) in [5, 5.41) is 5.10. The number of ether oxygens (including phenoxy) is 2. The van der Waals surface area contributed by atoms with Gasteiger partial charge in [0.2, 0.25) is 5.91 Å². The van der Waals surface area contributed by atoms with Crippen LogP contribution >= 0.6 is 0 Å². The van der Waals surface area contributed by atoms with E-state index in [4.69, 9.17) is 9.47 Å². The van der Waals surface area contributed by atoms with Crippen molar-refractivity contribution in [2.24, 2.45) is 0 Å². The van der Waals surface area contributed by atoms with Gasteiger partial charge in [0.1, 0.15) is 24.8 Å². The van der Waals surface area contributed by atoms with Crippen LogP contribution in [-0.2, 0) is 32.1 Å². The summed E-state index contributed by atoms with van der Waals surface area (Å²) in [4.78, 5) is 36.8. The number of benzene rings is 2. The first-order valence-corrected chi connectivity index (χ1v) is 9.73. The van der Waals surface area contributed by atoms with Crippen molar-refractivity contribution in [2.45, 2.75) is 45.4 Å². The Labute approximate surface area is 176 Å². The molecule has 7 heteroatoms. The molecule has 1 atom stereocenters. The first kappa shape index (κ1) is 22.9. The Morgan fingerprint density at radius 2 is 1.47 bits per heavy atom. The van der Waals surface area contributed by atoms with Crippen LogP contribution in [-0.4, -0.2) is 36.2 Å². The van der Waals surface area contributed by atoms with Gasteiger partial charge in [-0.3, -0.25) is 9.59 Å². The average molecular weight is 412 g/mol. The van der Waals surface area contributed by atoms with E-state index in [-0.39, 0.29) is 19.6 Å². The normalized spacial score (nSPS) is 11.8. The smallest absolute Gasteiger partial charge is 0.408 e. The fourth-order valence-corrected chi connectivity index (χ4v) is 2.63. The summed E-state index contributed by atoms with van der Waals surface area (Å²) in [6, 6.07) is 17.6. The second-order valence-electron chi connectivity index (χ2n) is 7.75. The standard InChI is InChI=1S/C23H28N2O5/c1-23(2,3)30-20(26)15-24-21(27)19(14-17-10-6-4-7-11-17)25-22(28)29-16-18-12-8-5-9-13-18/h4-13,19H,14-16H2,1-3H3,(H,24,27)(H,25,28)/t19-/m0/s1. The molecule has 0 aliphatic rings. The molecule has 2 aromatic rings. The Bertz CT molecular complexity index is 832. The number of esters is 1. The van der Waals surface area contributed by atoms with Gasteiger partial charge in [-0.05, 0) is 31.9 Å². The first-order chi connectivity index (χ1) is 14.2.